The Morgan fingerprint density at radius 3 is 2.62 bits per heavy atom. The van der Waals surface area contributed by atoms with Crippen LogP contribution in [0, 0.1) is 6.92 Å². The zero-order valence-electron chi connectivity index (χ0n) is 15.1. The number of hydrogen-bond donors (Lipinski definition) is 1. The van der Waals surface area contributed by atoms with Crippen LogP contribution in [0.2, 0.25) is 0 Å². The van der Waals surface area contributed by atoms with Gasteiger partial charge in [-0.25, -0.2) is 0 Å². The van der Waals surface area contributed by atoms with E-state index in [0.29, 0.717) is 5.75 Å². The second-order valence-electron chi connectivity index (χ2n) is 6.54. The van der Waals surface area contributed by atoms with Crippen LogP contribution >= 0.6 is 23.1 Å². The molecule has 0 fully saturated rings. The predicted octanol–water partition coefficient (Wildman–Crippen LogP) is 4.82. The van der Waals surface area contributed by atoms with Crippen molar-refractivity contribution in [1.29, 1.82) is 0 Å². The third-order valence-electron chi connectivity index (χ3n) is 4.04. The molecule has 4 nitrogen and oxygen atoms in total. The first kappa shape index (κ1) is 18.7. The van der Waals surface area contributed by atoms with Crippen LogP contribution in [-0.4, -0.2) is 16.2 Å². The highest BCUT2D eigenvalue weighted by molar-refractivity contribution is 7.99. The summed E-state index contributed by atoms with van der Waals surface area (Å²) in [6.45, 7) is 6.05. The quantitative estimate of drug-likeness (QED) is 0.660. The predicted molar refractivity (Wildman–Crippen MR) is 112 cm³/mol. The number of anilines is 1. The van der Waals surface area contributed by atoms with Gasteiger partial charge in [0.15, 0.2) is 0 Å². The number of aromatic nitrogens is 1. The summed E-state index contributed by atoms with van der Waals surface area (Å²) >= 11 is 2.81. The fourth-order valence-electron chi connectivity index (χ4n) is 2.75. The van der Waals surface area contributed by atoms with Crippen molar-refractivity contribution >= 4 is 44.9 Å². The lowest BCUT2D eigenvalue weighted by molar-refractivity contribution is -0.113. The number of benzene rings is 2. The fourth-order valence-corrected chi connectivity index (χ4v) is 4.59. The van der Waals surface area contributed by atoms with E-state index in [9.17, 15) is 9.59 Å². The van der Waals surface area contributed by atoms with Gasteiger partial charge in [0, 0.05) is 17.5 Å². The van der Waals surface area contributed by atoms with E-state index < -0.39 is 0 Å². The lowest BCUT2D eigenvalue weighted by Gasteiger charge is -2.08. The van der Waals surface area contributed by atoms with Gasteiger partial charge in [0.05, 0.1) is 16.0 Å². The molecule has 0 spiro atoms. The summed E-state index contributed by atoms with van der Waals surface area (Å²) in [7, 11) is 0. The molecule has 1 heterocycles. The standard InChI is InChI=1S/C20H22N2O2S2/c1-13(2)22-17-9-8-16(10-18(17)26-20(22)24)21-19(23)12-25-11-15-6-4-14(3)5-7-15/h4-10,13H,11-12H2,1-3H3,(H,21,23). The van der Waals surface area contributed by atoms with E-state index in [1.54, 1.807) is 16.3 Å². The van der Waals surface area contributed by atoms with Crippen LogP contribution in [0.4, 0.5) is 5.69 Å². The topological polar surface area (TPSA) is 51.1 Å². The highest BCUT2D eigenvalue weighted by Gasteiger charge is 2.11. The Labute approximate surface area is 161 Å². The fraction of sp³-hybridized carbons (Fsp3) is 0.300. The first-order chi connectivity index (χ1) is 12.4. The molecule has 1 N–H and O–H groups in total. The van der Waals surface area contributed by atoms with Gasteiger partial charge in [0.25, 0.3) is 0 Å². The molecule has 136 valence electrons. The summed E-state index contributed by atoms with van der Waals surface area (Å²) in [5.74, 6) is 1.18. The molecule has 0 aliphatic rings. The van der Waals surface area contributed by atoms with Gasteiger partial charge < -0.3 is 5.32 Å². The van der Waals surface area contributed by atoms with Crippen LogP contribution in [0.15, 0.2) is 47.3 Å². The molecule has 0 radical (unpaired) electrons. The molecule has 0 saturated heterocycles. The maximum absolute atomic E-state index is 12.2. The Morgan fingerprint density at radius 2 is 1.92 bits per heavy atom. The van der Waals surface area contributed by atoms with Crippen LogP contribution in [0.25, 0.3) is 10.2 Å². The molecule has 0 atom stereocenters. The highest BCUT2D eigenvalue weighted by atomic mass is 32.2. The smallest absolute Gasteiger partial charge is 0.308 e. The minimum absolute atomic E-state index is 0.0305. The van der Waals surface area contributed by atoms with Gasteiger partial charge in [-0.3, -0.25) is 14.2 Å². The summed E-state index contributed by atoms with van der Waals surface area (Å²) in [6, 6.07) is 14.1. The molecule has 0 unspecified atom stereocenters. The van der Waals surface area contributed by atoms with Crippen LogP contribution in [0.3, 0.4) is 0 Å². The Balaban J connectivity index is 1.60. The van der Waals surface area contributed by atoms with E-state index in [0.717, 1.165) is 21.7 Å². The van der Waals surface area contributed by atoms with E-state index in [1.165, 1.54) is 22.5 Å². The van der Waals surface area contributed by atoms with Gasteiger partial charge >= 0.3 is 4.87 Å². The van der Waals surface area contributed by atoms with E-state index in [1.807, 2.05) is 32.0 Å². The molecule has 1 amide bonds. The highest BCUT2D eigenvalue weighted by Crippen LogP contribution is 2.24. The van der Waals surface area contributed by atoms with Crippen molar-refractivity contribution in [3.8, 4) is 0 Å². The van der Waals surface area contributed by atoms with Crippen LogP contribution in [0.5, 0.6) is 0 Å². The molecule has 0 bridgehead atoms. The third kappa shape index (κ3) is 4.37. The van der Waals surface area contributed by atoms with Gasteiger partial charge in [0.1, 0.15) is 0 Å². The number of carbonyl (C=O) groups excluding carboxylic acids is 1. The molecular weight excluding hydrogens is 364 g/mol. The van der Waals surface area contributed by atoms with E-state index >= 15 is 0 Å². The number of carbonyl (C=O) groups is 1. The van der Waals surface area contributed by atoms with E-state index in [-0.39, 0.29) is 16.8 Å². The first-order valence-electron chi connectivity index (χ1n) is 8.52. The van der Waals surface area contributed by atoms with Crippen LogP contribution < -0.4 is 10.2 Å². The summed E-state index contributed by atoms with van der Waals surface area (Å²) in [5, 5.41) is 2.92. The van der Waals surface area contributed by atoms with Crippen molar-refractivity contribution in [3.05, 3.63) is 63.3 Å². The molecule has 0 aliphatic heterocycles. The van der Waals surface area contributed by atoms with Crippen LogP contribution in [-0.2, 0) is 10.5 Å². The van der Waals surface area contributed by atoms with Gasteiger partial charge in [-0.1, -0.05) is 41.2 Å². The second kappa shape index (κ2) is 8.10. The molecule has 2 aromatic carbocycles. The van der Waals surface area contributed by atoms with Crippen molar-refractivity contribution in [1.82, 2.24) is 4.57 Å². The number of nitrogens with zero attached hydrogens (tertiary/aromatic N) is 1. The SMILES string of the molecule is Cc1ccc(CSCC(=O)Nc2ccc3c(c2)sc(=O)n3C(C)C)cc1. The van der Waals surface area contributed by atoms with Gasteiger partial charge in [-0.15, -0.1) is 11.8 Å². The summed E-state index contributed by atoms with van der Waals surface area (Å²) < 4.78 is 2.68. The minimum atomic E-state index is -0.0305. The van der Waals surface area contributed by atoms with Crippen molar-refractivity contribution in [2.75, 3.05) is 11.1 Å². The third-order valence-corrected chi connectivity index (χ3v) is 5.96. The number of thioether (sulfide) groups is 1. The number of aryl methyl sites for hydroxylation is 1. The van der Waals surface area contributed by atoms with E-state index in [2.05, 4.69) is 36.5 Å². The summed E-state index contributed by atoms with van der Waals surface area (Å²) in [5.41, 5.74) is 4.10. The minimum Gasteiger partial charge on any atom is -0.325 e. The zero-order chi connectivity index (χ0) is 18.7. The molecule has 0 aliphatic carbocycles. The van der Waals surface area contributed by atoms with Crippen molar-refractivity contribution in [2.24, 2.45) is 0 Å². The normalized spacial score (nSPS) is 11.2. The van der Waals surface area contributed by atoms with Crippen molar-refractivity contribution in [2.45, 2.75) is 32.6 Å². The first-order valence-corrected chi connectivity index (χ1v) is 10.5. The van der Waals surface area contributed by atoms with E-state index in [4.69, 9.17) is 0 Å². The largest absolute Gasteiger partial charge is 0.325 e. The zero-order valence-corrected chi connectivity index (χ0v) is 16.7. The molecule has 26 heavy (non-hydrogen) atoms. The number of amides is 1. The monoisotopic (exact) mass is 386 g/mol. The molecular formula is C20H22N2O2S2. The molecule has 1 aromatic heterocycles. The maximum Gasteiger partial charge on any atom is 0.308 e. The Hall–Kier alpha value is -2.05. The summed E-state index contributed by atoms with van der Waals surface area (Å²) in [6.07, 6.45) is 0. The lowest BCUT2D eigenvalue weighted by Crippen LogP contribution is -2.15. The van der Waals surface area contributed by atoms with Crippen LogP contribution in [0.1, 0.15) is 31.0 Å². The Morgan fingerprint density at radius 1 is 1.19 bits per heavy atom. The molecule has 6 heteroatoms. The molecule has 3 aromatic rings. The number of nitrogens with one attached hydrogen (secondary N) is 1. The molecule has 3 rings (SSSR count). The number of thiazole rings is 1. The summed E-state index contributed by atoms with van der Waals surface area (Å²) in [4.78, 5) is 24.3. The van der Waals surface area contributed by atoms with Gasteiger partial charge in [-0.2, -0.15) is 0 Å². The maximum atomic E-state index is 12.2. The average molecular weight is 387 g/mol. The Kier molecular flexibility index (Phi) is 5.84. The second-order valence-corrected chi connectivity index (χ2v) is 8.52. The van der Waals surface area contributed by atoms with Crippen molar-refractivity contribution in [3.63, 3.8) is 0 Å². The van der Waals surface area contributed by atoms with Crippen molar-refractivity contribution < 1.29 is 4.79 Å². The average Bonchev–Trinajstić information content (AvgIpc) is 2.91. The number of hydrogen-bond acceptors (Lipinski definition) is 4. The van der Waals surface area contributed by atoms with Gasteiger partial charge in [-0.05, 0) is 44.5 Å². The Bertz CT molecular complexity index is 972. The van der Waals surface area contributed by atoms with Gasteiger partial charge in [0.2, 0.25) is 5.91 Å². The molecule has 0 saturated carbocycles. The number of fused-ring (bicyclic) bond motifs is 1. The lowest BCUT2D eigenvalue weighted by atomic mass is 10.2. The number of rotatable bonds is 6.